The molecule has 1 aliphatic carbocycles. The Bertz CT molecular complexity index is 1240. The number of carboxylic acids is 1. The zero-order chi connectivity index (χ0) is 23.8. The van der Waals surface area contributed by atoms with Gasteiger partial charge in [-0.15, -0.1) is 0 Å². The van der Waals surface area contributed by atoms with E-state index in [1.165, 1.54) is 12.4 Å². The van der Waals surface area contributed by atoms with Gasteiger partial charge in [0.15, 0.2) is 0 Å². The molecule has 1 aliphatic heterocycles. The van der Waals surface area contributed by atoms with Gasteiger partial charge in [0, 0.05) is 38.0 Å². The lowest BCUT2D eigenvalue weighted by Crippen LogP contribution is -2.52. The molecular formula is C26H26N4O4. The van der Waals surface area contributed by atoms with Crippen molar-refractivity contribution in [2.24, 2.45) is 5.92 Å². The number of carbonyl (C=O) groups is 2. The Hall–Kier alpha value is -3.78. The molecule has 2 heterocycles. The summed E-state index contributed by atoms with van der Waals surface area (Å²) in [7, 11) is 0. The molecule has 34 heavy (non-hydrogen) atoms. The minimum Gasteiger partial charge on any atom is -0.475 e. The van der Waals surface area contributed by atoms with Crippen LogP contribution in [0.15, 0.2) is 54.9 Å². The number of aliphatic hydroxyl groups excluding tert-OH is 1. The van der Waals surface area contributed by atoms with Gasteiger partial charge in [0.25, 0.3) is 0 Å². The summed E-state index contributed by atoms with van der Waals surface area (Å²) in [6, 6.07) is 13.8. The Morgan fingerprint density at radius 2 is 1.71 bits per heavy atom. The van der Waals surface area contributed by atoms with Crippen LogP contribution in [-0.2, 0) is 17.9 Å². The van der Waals surface area contributed by atoms with Crippen molar-refractivity contribution in [2.45, 2.75) is 39.0 Å². The first kappa shape index (κ1) is 22.0. The van der Waals surface area contributed by atoms with Gasteiger partial charge in [-0.25, -0.2) is 14.8 Å². The normalized spacial score (nSPS) is 17.4. The molecular weight excluding hydrogens is 432 g/mol. The number of amides is 1. The zero-order valence-electron chi connectivity index (χ0n) is 18.9. The second-order valence-electron chi connectivity index (χ2n) is 8.91. The number of benzene rings is 2. The van der Waals surface area contributed by atoms with E-state index in [0.29, 0.717) is 24.6 Å². The predicted octanol–water partition coefficient (Wildman–Crippen LogP) is 3.49. The van der Waals surface area contributed by atoms with Crippen LogP contribution in [0.1, 0.15) is 41.5 Å². The van der Waals surface area contributed by atoms with Gasteiger partial charge in [-0.05, 0) is 47.6 Å². The lowest BCUT2D eigenvalue weighted by Gasteiger charge is -2.44. The third-order valence-corrected chi connectivity index (χ3v) is 6.65. The predicted molar refractivity (Wildman–Crippen MR) is 128 cm³/mol. The van der Waals surface area contributed by atoms with Gasteiger partial charge in [0.05, 0.1) is 24.0 Å². The van der Waals surface area contributed by atoms with E-state index in [2.05, 4.69) is 14.9 Å². The second-order valence-corrected chi connectivity index (χ2v) is 8.91. The molecule has 174 valence electrons. The fraction of sp³-hybridized carbons (Fsp3) is 0.308. The first-order chi connectivity index (χ1) is 16.5. The fourth-order valence-corrected chi connectivity index (χ4v) is 4.80. The molecule has 2 aliphatic rings. The molecule has 1 aromatic heterocycles. The monoisotopic (exact) mass is 458 g/mol. The third-order valence-electron chi connectivity index (χ3n) is 6.65. The van der Waals surface area contributed by atoms with Gasteiger partial charge in [-0.1, -0.05) is 30.3 Å². The largest absolute Gasteiger partial charge is 0.475 e. The zero-order valence-corrected chi connectivity index (χ0v) is 18.9. The highest BCUT2D eigenvalue weighted by molar-refractivity contribution is 5.98. The minimum atomic E-state index is -1.17. The Labute approximate surface area is 197 Å². The highest BCUT2D eigenvalue weighted by Crippen LogP contribution is 2.45. The van der Waals surface area contributed by atoms with E-state index in [1.807, 2.05) is 47.4 Å². The fourth-order valence-electron chi connectivity index (χ4n) is 4.80. The summed E-state index contributed by atoms with van der Waals surface area (Å²) >= 11 is 0. The summed E-state index contributed by atoms with van der Waals surface area (Å²) in [5.41, 5.74) is 5.24. The maximum absolute atomic E-state index is 12.7. The van der Waals surface area contributed by atoms with Gasteiger partial charge in [0.1, 0.15) is 0 Å². The van der Waals surface area contributed by atoms with Crippen molar-refractivity contribution in [1.82, 2.24) is 9.97 Å². The van der Waals surface area contributed by atoms with Crippen LogP contribution in [0.25, 0.3) is 11.1 Å². The molecule has 1 fully saturated rings. The van der Waals surface area contributed by atoms with E-state index in [1.54, 1.807) is 6.92 Å². The minimum absolute atomic E-state index is 0.0236. The topological polar surface area (TPSA) is 107 Å². The molecule has 1 amide bonds. The summed E-state index contributed by atoms with van der Waals surface area (Å²) in [6.45, 7) is 2.89. The molecule has 1 atom stereocenters. The van der Waals surface area contributed by atoms with E-state index in [4.69, 9.17) is 5.11 Å². The van der Waals surface area contributed by atoms with Crippen molar-refractivity contribution in [1.29, 1.82) is 0 Å². The summed E-state index contributed by atoms with van der Waals surface area (Å²) in [5.74, 6) is -0.910. The van der Waals surface area contributed by atoms with Crippen LogP contribution in [0.5, 0.6) is 0 Å². The number of carboxylic acid groups (broad SMARTS) is 1. The van der Waals surface area contributed by atoms with Crippen LogP contribution in [0.3, 0.4) is 0 Å². The quantitative estimate of drug-likeness (QED) is 0.582. The number of aromatic nitrogens is 2. The number of hydrogen-bond acceptors (Lipinski definition) is 6. The smallest absolute Gasteiger partial charge is 0.373 e. The molecule has 1 saturated carbocycles. The molecule has 0 unspecified atom stereocenters. The molecule has 2 N–H and O–H groups in total. The lowest BCUT2D eigenvalue weighted by molar-refractivity contribution is -0.117. The lowest BCUT2D eigenvalue weighted by atomic mass is 9.98. The standard InChI is InChI=1S/C26H26N4O4/c1-16(32)30-22-9-8-18(21-11-27-25(26(33)34)28-12-21)10-23(22)29(14-24(30)17-6-7-17)13-19-4-2-3-5-20(19)15-31/h2-5,8-12,17,24,31H,6-7,13-15H2,1H3,(H,33,34)/t24-/m1/s1. The van der Waals surface area contributed by atoms with Gasteiger partial charge in [-0.3, -0.25) is 4.79 Å². The molecule has 0 radical (unpaired) electrons. The number of hydrogen-bond donors (Lipinski definition) is 2. The molecule has 8 nitrogen and oxygen atoms in total. The molecule has 0 spiro atoms. The van der Waals surface area contributed by atoms with Crippen molar-refractivity contribution in [2.75, 3.05) is 16.3 Å². The van der Waals surface area contributed by atoms with Crippen molar-refractivity contribution < 1.29 is 19.8 Å². The Morgan fingerprint density at radius 3 is 2.32 bits per heavy atom. The maximum atomic E-state index is 12.7. The number of aromatic carboxylic acids is 1. The molecule has 0 saturated heterocycles. The van der Waals surface area contributed by atoms with Crippen LogP contribution in [0.2, 0.25) is 0 Å². The van der Waals surface area contributed by atoms with Crippen LogP contribution in [0.4, 0.5) is 11.4 Å². The number of aliphatic hydroxyl groups is 1. The summed E-state index contributed by atoms with van der Waals surface area (Å²) in [4.78, 5) is 35.9. The maximum Gasteiger partial charge on any atom is 0.373 e. The number of fused-ring (bicyclic) bond motifs is 1. The summed E-state index contributed by atoms with van der Waals surface area (Å²) in [5, 5.41) is 18.9. The number of rotatable bonds is 6. The molecule has 3 aromatic rings. The van der Waals surface area contributed by atoms with Crippen LogP contribution < -0.4 is 9.80 Å². The van der Waals surface area contributed by atoms with Gasteiger partial charge in [0.2, 0.25) is 11.7 Å². The van der Waals surface area contributed by atoms with E-state index >= 15 is 0 Å². The van der Waals surface area contributed by atoms with Crippen LogP contribution in [-0.4, -0.2) is 44.6 Å². The van der Waals surface area contributed by atoms with Crippen LogP contribution in [0, 0.1) is 5.92 Å². The van der Waals surface area contributed by atoms with Crippen molar-refractivity contribution in [3.05, 3.63) is 71.8 Å². The van der Waals surface area contributed by atoms with E-state index in [0.717, 1.165) is 40.9 Å². The van der Waals surface area contributed by atoms with Crippen LogP contribution >= 0.6 is 0 Å². The Kier molecular flexibility index (Phi) is 5.75. The van der Waals surface area contributed by atoms with E-state index < -0.39 is 5.97 Å². The average Bonchev–Trinajstić information content (AvgIpc) is 3.69. The highest BCUT2D eigenvalue weighted by Gasteiger charge is 2.42. The van der Waals surface area contributed by atoms with Crippen molar-refractivity contribution in [3.8, 4) is 11.1 Å². The summed E-state index contributed by atoms with van der Waals surface area (Å²) < 4.78 is 0. The van der Waals surface area contributed by atoms with Gasteiger partial charge < -0.3 is 20.0 Å². The highest BCUT2D eigenvalue weighted by atomic mass is 16.4. The molecule has 8 heteroatoms. The van der Waals surface area contributed by atoms with E-state index in [9.17, 15) is 14.7 Å². The average molecular weight is 459 g/mol. The Balaban J connectivity index is 1.58. The number of anilines is 2. The SMILES string of the molecule is CC(=O)N1c2ccc(-c3cnc(C(=O)O)nc3)cc2N(Cc2ccccc2CO)C[C@@H]1C1CC1. The molecule has 5 rings (SSSR count). The number of carbonyl (C=O) groups excluding carboxylic acids is 1. The third kappa shape index (κ3) is 4.12. The van der Waals surface area contributed by atoms with E-state index in [-0.39, 0.29) is 24.4 Å². The first-order valence-electron chi connectivity index (χ1n) is 11.4. The Morgan fingerprint density at radius 1 is 1.00 bits per heavy atom. The van der Waals surface area contributed by atoms with Crippen molar-refractivity contribution in [3.63, 3.8) is 0 Å². The van der Waals surface area contributed by atoms with Crippen molar-refractivity contribution >= 4 is 23.3 Å². The molecule has 0 bridgehead atoms. The van der Waals surface area contributed by atoms with Gasteiger partial charge in [-0.2, -0.15) is 0 Å². The molecule has 2 aromatic carbocycles. The van der Waals surface area contributed by atoms with Gasteiger partial charge >= 0.3 is 5.97 Å². The second kappa shape index (κ2) is 8.87. The first-order valence-corrected chi connectivity index (χ1v) is 11.4. The summed E-state index contributed by atoms with van der Waals surface area (Å²) in [6.07, 6.45) is 5.25. The number of nitrogens with zero attached hydrogens (tertiary/aromatic N) is 4.